The van der Waals surface area contributed by atoms with Crippen LogP contribution in [-0.2, 0) is 14.3 Å². The quantitative estimate of drug-likeness (QED) is 0.656. The molecule has 132 valence electrons. The van der Waals surface area contributed by atoms with Gasteiger partial charge in [-0.2, -0.15) is 0 Å². The van der Waals surface area contributed by atoms with Gasteiger partial charge in [0.1, 0.15) is 0 Å². The summed E-state index contributed by atoms with van der Waals surface area (Å²) in [6.45, 7) is 2.09. The van der Waals surface area contributed by atoms with E-state index in [0.717, 1.165) is 11.1 Å². The molecule has 7 nitrogen and oxygen atoms in total. The fourth-order valence-corrected chi connectivity index (χ4v) is 2.14. The number of aliphatic hydroxyl groups excluding tert-OH is 1. The van der Waals surface area contributed by atoms with Crippen molar-refractivity contribution >= 4 is 17.5 Å². The molecule has 1 unspecified atom stereocenters. The number of nitrogens with one attached hydrogen (secondary N) is 2. The number of rotatable bonds is 7. The van der Waals surface area contributed by atoms with Crippen molar-refractivity contribution in [3.8, 4) is 0 Å². The summed E-state index contributed by atoms with van der Waals surface area (Å²) in [6, 6.07) is 10.9. The lowest BCUT2D eigenvalue weighted by molar-refractivity contribution is -0.136. The molecule has 0 bridgehead atoms. The molecular weight excluding hydrogens is 322 g/mol. The first-order valence-corrected chi connectivity index (χ1v) is 7.88. The summed E-state index contributed by atoms with van der Waals surface area (Å²) >= 11 is 0. The zero-order valence-electron chi connectivity index (χ0n) is 13.9. The van der Waals surface area contributed by atoms with Gasteiger partial charge >= 0.3 is 11.8 Å². The first kappa shape index (κ1) is 18.6. The van der Waals surface area contributed by atoms with E-state index in [2.05, 4.69) is 15.6 Å². The van der Waals surface area contributed by atoms with Crippen molar-refractivity contribution in [2.45, 2.75) is 13.0 Å². The van der Waals surface area contributed by atoms with Crippen LogP contribution in [0.15, 0.2) is 48.8 Å². The number of benzene rings is 1. The molecule has 0 saturated carbocycles. The summed E-state index contributed by atoms with van der Waals surface area (Å²) in [5, 5.41) is 14.0. The number of anilines is 1. The van der Waals surface area contributed by atoms with E-state index >= 15 is 0 Å². The highest BCUT2D eigenvalue weighted by molar-refractivity contribution is 6.39. The van der Waals surface area contributed by atoms with Crippen molar-refractivity contribution < 1.29 is 19.4 Å². The number of ether oxygens (including phenoxy) is 1. The van der Waals surface area contributed by atoms with Gasteiger partial charge in [-0.05, 0) is 24.6 Å². The number of hydrogen-bond acceptors (Lipinski definition) is 5. The Morgan fingerprint density at radius 2 is 1.96 bits per heavy atom. The third-order valence-corrected chi connectivity index (χ3v) is 3.43. The fraction of sp³-hybridized carbons (Fsp3) is 0.278. The highest BCUT2D eigenvalue weighted by Gasteiger charge is 2.18. The normalized spacial score (nSPS) is 11.6. The van der Waals surface area contributed by atoms with Crippen LogP contribution in [0.3, 0.4) is 0 Å². The van der Waals surface area contributed by atoms with Gasteiger partial charge in [0.15, 0.2) is 0 Å². The summed E-state index contributed by atoms with van der Waals surface area (Å²) in [5.41, 5.74) is 2.39. The standard InChI is InChI=1S/C18H21N3O4/c1-13-4-6-14(7-5-13)16(25-10-9-22)12-20-17(23)18(24)21-15-3-2-8-19-11-15/h2-8,11,16,22H,9-10,12H2,1H3,(H,20,23)(H,21,24). The lowest BCUT2D eigenvalue weighted by Crippen LogP contribution is -2.38. The summed E-state index contributed by atoms with van der Waals surface area (Å²) in [6.07, 6.45) is 2.56. The van der Waals surface area contributed by atoms with Crippen LogP contribution in [0.4, 0.5) is 5.69 Å². The largest absolute Gasteiger partial charge is 0.394 e. The van der Waals surface area contributed by atoms with E-state index in [-0.39, 0.29) is 19.8 Å². The number of aryl methyl sites for hydroxylation is 1. The van der Waals surface area contributed by atoms with Gasteiger partial charge in [0.2, 0.25) is 0 Å². The molecule has 0 radical (unpaired) electrons. The first-order chi connectivity index (χ1) is 12.1. The van der Waals surface area contributed by atoms with E-state index in [9.17, 15) is 9.59 Å². The van der Waals surface area contributed by atoms with Crippen LogP contribution < -0.4 is 10.6 Å². The zero-order valence-corrected chi connectivity index (χ0v) is 13.9. The molecule has 0 aliphatic carbocycles. The summed E-state index contributed by atoms with van der Waals surface area (Å²) < 4.78 is 5.56. The van der Waals surface area contributed by atoms with Gasteiger partial charge in [-0.25, -0.2) is 0 Å². The second kappa shape index (κ2) is 9.51. The zero-order chi connectivity index (χ0) is 18.1. The number of pyridine rings is 1. The highest BCUT2D eigenvalue weighted by atomic mass is 16.5. The molecule has 2 amide bonds. The summed E-state index contributed by atoms with van der Waals surface area (Å²) in [7, 11) is 0. The predicted molar refractivity (Wildman–Crippen MR) is 92.8 cm³/mol. The minimum Gasteiger partial charge on any atom is -0.394 e. The number of carbonyl (C=O) groups is 2. The number of nitrogens with zero attached hydrogens (tertiary/aromatic N) is 1. The van der Waals surface area contributed by atoms with Crippen molar-refractivity contribution in [1.29, 1.82) is 0 Å². The molecule has 1 heterocycles. The van der Waals surface area contributed by atoms with Gasteiger partial charge in [0.25, 0.3) is 0 Å². The predicted octanol–water partition coefficient (Wildman–Crippen LogP) is 1.19. The molecule has 2 aromatic rings. The first-order valence-electron chi connectivity index (χ1n) is 7.88. The fourth-order valence-electron chi connectivity index (χ4n) is 2.14. The molecule has 3 N–H and O–H groups in total. The minimum atomic E-state index is -0.780. The van der Waals surface area contributed by atoms with Crippen molar-refractivity contribution in [1.82, 2.24) is 10.3 Å². The Labute approximate surface area is 146 Å². The molecule has 1 aromatic heterocycles. The average molecular weight is 343 g/mol. The Balaban J connectivity index is 1.93. The summed E-state index contributed by atoms with van der Waals surface area (Å²) in [4.78, 5) is 27.7. The minimum absolute atomic E-state index is 0.113. The van der Waals surface area contributed by atoms with Crippen LogP contribution in [0, 0.1) is 6.92 Å². The molecule has 0 saturated heterocycles. The van der Waals surface area contributed by atoms with Gasteiger partial charge in [-0.15, -0.1) is 0 Å². The summed E-state index contributed by atoms with van der Waals surface area (Å²) in [5.74, 6) is -1.55. The highest BCUT2D eigenvalue weighted by Crippen LogP contribution is 2.17. The molecular formula is C18H21N3O4. The van der Waals surface area contributed by atoms with Crippen LogP contribution >= 0.6 is 0 Å². The Morgan fingerprint density at radius 1 is 1.20 bits per heavy atom. The van der Waals surface area contributed by atoms with E-state index in [1.54, 1.807) is 18.3 Å². The van der Waals surface area contributed by atoms with Gasteiger partial charge in [-0.1, -0.05) is 29.8 Å². The van der Waals surface area contributed by atoms with E-state index in [1.165, 1.54) is 6.20 Å². The maximum absolute atomic E-state index is 12.0. The molecule has 0 aliphatic heterocycles. The van der Waals surface area contributed by atoms with E-state index < -0.39 is 17.9 Å². The van der Waals surface area contributed by atoms with Gasteiger partial charge in [-0.3, -0.25) is 14.6 Å². The molecule has 0 fully saturated rings. The molecule has 7 heteroatoms. The Hall–Kier alpha value is -2.77. The lowest BCUT2D eigenvalue weighted by atomic mass is 10.1. The number of aromatic nitrogens is 1. The van der Waals surface area contributed by atoms with Gasteiger partial charge in [0.05, 0.1) is 31.2 Å². The third kappa shape index (κ3) is 5.98. The van der Waals surface area contributed by atoms with Gasteiger partial charge in [0, 0.05) is 12.7 Å². The molecule has 1 atom stereocenters. The maximum Gasteiger partial charge on any atom is 0.313 e. The Bertz CT molecular complexity index is 689. The molecule has 0 spiro atoms. The lowest BCUT2D eigenvalue weighted by Gasteiger charge is -2.18. The van der Waals surface area contributed by atoms with E-state index in [1.807, 2.05) is 31.2 Å². The molecule has 0 aliphatic rings. The molecule has 25 heavy (non-hydrogen) atoms. The van der Waals surface area contributed by atoms with Crippen molar-refractivity contribution in [2.24, 2.45) is 0 Å². The van der Waals surface area contributed by atoms with E-state index in [4.69, 9.17) is 9.84 Å². The van der Waals surface area contributed by atoms with Crippen LogP contribution in [0.1, 0.15) is 17.2 Å². The Morgan fingerprint density at radius 3 is 2.60 bits per heavy atom. The van der Waals surface area contributed by atoms with E-state index in [0.29, 0.717) is 5.69 Å². The average Bonchev–Trinajstić information content (AvgIpc) is 2.63. The van der Waals surface area contributed by atoms with Crippen LogP contribution in [-0.4, -0.2) is 41.7 Å². The molecule has 2 rings (SSSR count). The SMILES string of the molecule is Cc1ccc(C(CNC(=O)C(=O)Nc2cccnc2)OCCO)cc1. The third-order valence-electron chi connectivity index (χ3n) is 3.43. The second-order valence-corrected chi connectivity index (χ2v) is 5.40. The monoisotopic (exact) mass is 343 g/mol. The second-order valence-electron chi connectivity index (χ2n) is 5.40. The maximum atomic E-state index is 12.0. The van der Waals surface area contributed by atoms with Crippen molar-refractivity contribution in [2.75, 3.05) is 25.1 Å². The van der Waals surface area contributed by atoms with Crippen LogP contribution in [0.2, 0.25) is 0 Å². The number of carbonyl (C=O) groups excluding carboxylic acids is 2. The number of aliphatic hydroxyl groups is 1. The van der Waals surface area contributed by atoms with Crippen LogP contribution in [0.25, 0.3) is 0 Å². The van der Waals surface area contributed by atoms with Crippen molar-refractivity contribution in [3.63, 3.8) is 0 Å². The Kier molecular flexibility index (Phi) is 7.06. The smallest absolute Gasteiger partial charge is 0.313 e. The van der Waals surface area contributed by atoms with Crippen molar-refractivity contribution in [3.05, 3.63) is 59.9 Å². The van der Waals surface area contributed by atoms with Gasteiger partial charge < -0.3 is 20.5 Å². The number of amides is 2. The topological polar surface area (TPSA) is 101 Å². The van der Waals surface area contributed by atoms with Crippen LogP contribution in [0.5, 0.6) is 0 Å². The number of hydrogen-bond donors (Lipinski definition) is 3. The molecule has 1 aromatic carbocycles.